The second-order valence-corrected chi connectivity index (χ2v) is 7.34. The lowest BCUT2D eigenvalue weighted by atomic mass is 9.96. The Morgan fingerprint density at radius 2 is 1.89 bits per heavy atom. The number of anilines is 1. The summed E-state index contributed by atoms with van der Waals surface area (Å²) >= 11 is 0. The number of nitrogens with one attached hydrogen (secondary N) is 1. The van der Waals surface area contributed by atoms with Crippen molar-refractivity contribution in [3.8, 4) is 11.6 Å². The molecule has 2 aromatic rings. The Hall–Kier alpha value is -2.63. The summed E-state index contributed by atoms with van der Waals surface area (Å²) in [5.41, 5.74) is 0. The van der Waals surface area contributed by atoms with E-state index in [-0.39, 0.29) is 11.8 Å². The largest absolute Gasteiger partial charge is 0.436 e. The third-order valence-corrected chi connectivity index (χ3v) is 4.79. The molecule has 0 bridgehead atoms. The van der Waals surface area contributed by atoms with Gasteiger partial charge in [0.15, 0.2) is 5.82 Å². The average Bonchev–Trinajstić information content (AvgIpc) is 2.69. The zero-order valence-electron chi connectivity index (χ0n) is 16.1. The molecule has 1 aliphatic rings. The van der Waals surface area contributed by atoms with E-state index in [1.165, 1.54) is 0 Å². The Balaban J connectivity index is 1.57. The minimum Gasteiger partial charge on any atom is -0.436 e. The molecule has 6 nitrogen and oxygen atoms in total. The lowest BCUT2D eigenvalue weighted by Crippen LogP contribution is -2.41. The van der Waals surface area contributed by atoms with E-state index in [9.17, 15) is 4.79 Å². The van der Waals surface area contributed by atoms with Crippen LogP contribution in [0.3, 0.4) is 0 Å². The van der Waals surface area contributed by atoms with Gasteiger partial charge in [-0.3, -0.25) is 4.79 Å². The summed E-state index contributed by atoms with van der Waals surface area (Å²) in [6.07, 6.45) is 5.96. The van der Waals surface area contributed by atoms with E-state index in [4.69, 9.17) is 4.74 Å². The summed E-state index contributed by atoms with van der Waals surface area (Å²) in [6.45, 7) is 6.63. The van der Waals surface area contributed by atoms with Gasteiger partial charge in [0.25, 0.3) is 5.88 Å². The molecule has 6 heteroatoms. The Morgan fingerprint density at radius 3 is 2.59 bits per heavy atom. The first kappa shape index (κ1) is 19.1. The number of ether oxygens (including phenoxy) is 1. The first-order valence-electron chi connectivity index (χ1n) is 9.70. The number of piperidine rings is 1. The van der Waals surface area contributed by atoms with Crippen LogP contribution >= 0.6 is 0 Å². The Bertz CT molecular complexity index is 728. The highest BCUT2D eigenvalue weighted by Crippen LogP contribution is 2.30. The highest BCUT2D eigenvalue weighted by Gasteiger charge is 2.27. The van der Waals surface area contributed by atoms with Gasteiger partial charge in [0.1, 0.15) is 5.75 Å². The molecule has 1 aromatic carbocycles. The fourth-order valence-corrected chi connectivity index (χ4v) is 3.19. The molecule has 27 heavy (non-hydrogen) atoms. The molecule has 1 N–H and O–H groups in total. The van der Waals surface area contributed by atoms with E-state index in [2.05, 4.69) is 34.0 Å². The summed E-state index contributed by atoms with van der Waals surface area (Å²) in [5, 5.41) is 3.07. The number of carbonyl (C=O) groups is 1. The van der Waals surface area contributed by atoms with Crippen LogP contribution in [0.4, 0.5) is 5.82 Å². The standard InChI is InChI=1S/C21H28N4O2/c1-16(2)8-11-23-20(26)17-9-14-25(15-10-17)19-21(24-13-12-22-19)27-18-6-4-3-5-7-18/h3-7,12-13,16-17H,8-11,14-15H2,1-2H3,(H,23,26). The second-order valence-electron chi connectivity index (χ2n) is 7.34. The van der Waals surface area contributed by atoms with Gasteiger partial charge in [0.2, 0.25) is 5.91 Å². The second kappa shape index (κ2) is 9.35. The molecule has 0 saturated carbocycles. The summed E-state index contributed by atoms with van der Waals surface area (Å²) in [6, 6.07) is 9.59. The molecule has 0 spiro atoms. The van der Waals surface area contributed by atoms with E-state index >= 15 is 0 Å². The highest BCUT2D eigenvalue weighted by molar-refractivity contribution is 5.79. The van der Waals surface area contributed by atoms with Crippen LogP contribution in [0.1, 0.15) is 33.1 Å². The summed E-state index contributed by atoms with van der Waals surface area (Å²) < 4.78 is 5.92. The zero-order valence-corrected chi connectivity index (χ0v) is 16.1. The first-order valence-corrected chi connectivity index (χ1v) is 9.70. The maximum atomic E-state index is 12.3. The van der Waals surface area contributed by atoms with Crippen molar-refractivity contribution in [2.45, 2.75) is 33.1 Å². The van der Waals surface area contributed by atoms with E-state index < -0.39 is 0 Å². The van der Waals surface area contributed by atoms with Gasteiger partial charge in [0, 0.05) is 37.9 Å². The molecule has 1 saturated heterocycles. The third-order valence-electron chi connectivity index (χ3n) is 4.79. The Labute approximate surface area is 161 Å². The fraction of sp³-hybridized carbons (Fsp3) is 0.476. The summed E-state index contributed by atoms with van der Waals surface area (Å²) in [7, 11) is 0. The van der Waals surface area contributed by atoms with Gasteiger partial charge in [-0.1, -0.05) is 32.0 Å². The minimum absolute atomic E-state index is 0.0728. The van der Waals surface area contributed by atoms with Crippen molar-refractivity contribution in [1.29, 1.82) is 0 Å². The molecular formula is C21H28N4O2. The van der Waals surface area contributed by atoms with Crippen molar-refractivity contribution in [3.05, 3.63) is 42.7 Å². The van der Waals surface area contributed by atoms with Crippen LogP contribution in [0.5, 0.6) is 11.6 Å². The molecule has 0 aliphatic carbocycles. The van der Waals surface area contributed by atoms with Crippen LogP contribution in [-0.2, 0) is 4.79 Å². The number of amides is 1. The molecule has 1 fully saturated rings. The number of carbonyl (C=O) groups excluding carboxylic acids is 1. The van der Waals surface area contributed by atoms with Crippen molar-refractivity contribution in [2.75, 3.05) is 24.5 Å². The summed E-state index contributed by atoms with van der Waals surface area (Å²) in [4.78, 5) is 23.3. The third kappa shape index (κ3) is 5.42. The van der Waals surface area contributed by atoms with Crippen molar-refractivity contribution >= 4 is 11.7 Å². The Morgan fingerprint density at radius 1 is 1.19 bits per heavy atom. The lowest BCUT2D eigenvalue weighted by Gasteiger charge is -2.32. The predicted molar refractivity (Wildman–Crippen MR) is 106 cm³/mol. The molecule has 0 atom stereocenters. The van der Waals surface area contributed by atoms with Crippen molar-refractivity contribution in [1.82, 2.24) is 15.3 Å². The van der Waals surface area contributed by atoms with Gasteiger partial charge in [0.05, 0.1) is 0 Å². The average molecular weight is 368 g/mol. The van der Waals surface area contributed by atoms with Crippen LogP contribution in [0.25, 0.3) is 0 Å². The number of nitrogens with zero attached hydrogens (tertiary/aromatic N) is 3. The minimum atomic E-state index is 0.0728. The molecule has 1 amide bonds. The molecule has 0 radical (unpaired) electrons. The first-order chi connectivity index (χ1) is 13.1. The molecule has 3 rings (SSSR count). The molecular weight excluding hydrogens is 340 g/mol. The van der Waals surface area contributed by atoms with Gasteiger partial charge < -0.3 is 15.0 Å². The quantitative estimate of drug-likeness (QED) is 0.808. The topological polar surface area (TPSA) is 67.4 Å². The van der Waals surface area contributed by atoms with E-state index in [0.717, 1.165) is 50.5 Å². The maximum absolute atomic E-state index is 12.3. The van der Waals surface area contributed by atoms with Crippen LogP contribution in [0, 0.1) is 11.8 Å². The van der Waals surface area contributed by atoms with E-state index in [1.807, 2.05) is 30.3 Å². The van der Waals surface area contributed by atoms with Crippen molar-refractivity contribution in [3.63, 3.8) is 0 Å². The Kier molecular flexibility index (Phi) is 6.63. The molecule has 1 aromatic heterocycles. The van der Waals surface area contributed by atoms with E-state index in [0.29, 0.717) is 11.8 Å². The number of aromatic nitrogens is 2. The maximum Gasteiger partial charge on any atom is 0.263 e. The van der Waals surface area contributed by atoms with Crippen molar-refractivity contribution < 1.29 is 9.53 Å². The van der Waals surface area contributed by atoms with Crippen LogP contribution in [0.15, 0.2) is 42.7 Å². The molecule has 1 aliphatic heterocycles. The zero-order chi connectivity index (χ0) is 19.1. The van der Waals surface area contributed by atoms with Gasteiger partial charge in [-0.15, -0.1) is 0 Å². The predicted octanol–water partition coefficient (Wildman–Crippen LogP) is 3.65. The van der Waals surface area contributed by atoms with Crippen LogP contribution in [-0.4, -0.2) is 35.5 Å². The highest BCUT2D eigenvalue weighted by atomic mass is 16.5. The number of benzene rings is 1. The van der Waals surface area contributed by atoms with Gasteiger partial charge in [-0.25, -0.2) is 9.97 Å². The molecule has 0 unspecified atom stereocenters. The summed E-state index contributed by atoms with van der Waals surface area (Å²) in [5.74, 6) is 2.83. The van der Waals surface area contributed by atoms with Crippen LogP contribution < -0.4 is 15.0 Å². The lowest BCUT2D eigenvalue weighted by molar-refractivity contribution is -0.125. The number of para-hydroxylation sites is 1. The van der Waals surface area contributed by atoms with Gasteiger partial charge in [-0.05, 0) is 37.3 Å². The van der Waals surface area contributed by atoms with Gasteiger partial charge in [-0.2, -0.15) is 0 Å². The number of rotatable bonds is 7. The molecule has 2 heterocycles. The van der Waals surface area contributed by atoms with Crippen LogP contribution in [0.2, 0.25) is 0 Å². The normalized spacial score (nSPS) is 15.0. The number of hydrogen-bond donors (Lipinski definition) is 1. The smallest absolute Gasteiger partial charge is 0.263 e. The van der Waals surface area contributed by atoms with Gasteiger partial charge >= 0.3 is 0 Å². The fourth-order valence-electron chi connectivity index (χ4n) is 3.19. The van der Waals surface area contributed by atoms with E-state index in [1.54, 1.807) is 12.4 Å². The SMILES string of the molecule is CC(C)CCNC(=O)C1CCN(c2nccnc2Oc2ccccc2)CC1. The monoisotopic (exact) mass is 368 g/mol. The van der Waals surface area contributed by atoms with Crippen molar-refractivity contribution in [2.24, 2.45) is 11.8 Å². The number of hydrogen-bond acceptors (Lipinski definition) is 5. The molecule has 144 valence electrons.